The second-order valence-corrected chi connectivity index (χ2v) is 7.44. The Morgan fingerprint density at radius 3 is 2.44 bits per heavy atom. The van der Waals surface area contributed by atoms with Gasteiger partial charge in [0.1, 0.15) is 17.3 Å². The van der Waals surface area contributed by atoms with Crippen LogP contribution < -0.4 is 15.5 Å². The van der Waals surface area contributed by atoms with Gasteiger partial charge in [-0.2, -0.15) is 5.10 Å². The van der Waals surface area contributed by atoms with Crippen molar-refractivity contribution in [3.05, 3.63) is 76.7 Å². The van der Waals surface area contributed by atoms with Crippen LogP contribution in [0.25, 0.3) is 0 Å². The highest BCUT2D eigenvalue weighted by molar-refractivity contribution is 6.09. The van der Waals surface area contributed by atoms with Gasteiger partial charge in [0.2, 0.25) is 0 Å². The second-order valence-electron chi connectivity index (χ2n) is 7.44. The number of ether oxygens (including phenoxy) is 1. The summed E-state index contributed by atoms with van der Waals surface area (Å²) in [4.78, 5) is 25.2. The molecule has 164 valence electrons. The van der Waals surface area contributed by atoms with Gasteiger partial charge in [0.15, 0.2) is 5.76 Å². The first kappa shape index (κ1) is 21.2. The number of hydrazone groups is 1. The van der Waals surface area contributed by atoms with Crippen LogP contribution in [0.4, 0.5) is 5.69 Å². The Morgan fingerprint density at radius 2 is 1.75 bits per heavy atom. The molecule has 8 nitrogen and oxygen atoms in total. The number of rotatable bonds is 5. The van der Waals surface area contributed by atoms with Gasteiger partial charge in [-0.3, -0.25) is 9.59 Å². The number of carbonyl (C=O) groups is 2. The van der Waals surface area contributed by atoms with Crippen LogP contribution in [0.15, 0.2) is 58.0 Å². The first-order valence-electron chi connectivity index (χ1n) is 10.2. The van der Waals surface area contributed by atoms with Crippen molar-refractivity contribution in [3.63, 3.8) is 0 Å². The molecule has 1 heterocycles. The van der Waals surface area contributed by atoms with Crippen molar-refractivity contribution in [3.8, 4) is 11.5 Å². The number of aromatic hydroxyl groups is 1. The summed E-state index contributed by atoms with van der Waals surface area (Å²) in [7, 11) is 1.58. The van der Waals surface area contributed by atoms with Gasteiger partial charge in [0, 0.05) is 28.8 Å². The van der Waals surface area contributed by atoms with Gasteiger partial charge in [0.05, 0.1) is 12.8 Å². The van der Waals surface area contributed by atoms with E-state index in [1.807, 2.05) is 6.92 Å². The number of hydrogen-bond acceptors (Lipinski definition) is 6. The number of fused-ring (bicyclic) bond motifs is 1. The van der Waals surface area contributed by atoms with E-state index >= 15 is 0 Å². The third-order valence-corrected chi connectivity index (χ3v) is 5.30. The van der Waals surface area contributed by atoms with Gasteiger partial charge in [-0.05, 0) is 68.3 Å². The number of benzene rings is 2. The minimum atomic E-state index is -0.386. The largest absolute Gasteiger partial charge is 0.508 e. The van der Waals surface area contributed by atoms with Crippen molar-refractivity contribution in [1.29, 1.82) is 0 Å². The summed E-state index contributed by atoms with van der Waals surface area (Å²) in [6.07, 6.45) is 2.15. The van der Waals surface area contributed by atoms with Crippen LogP contribution in [0.5, 0.6) is 11.5 Å². The molecule has 0 saturated heterocycles. The quantitative estimate of drug-likeness (QED) is 0.526. The highest BCUT2D eigenvalue weighted by Crippen LogP contribution is 2.30. The first-order chi connectivity index (χ1) is 15.5. The summed E-state index contributed by atoms with van der Waals surface area (Å²) in [5.74, 6) is 0.955. The number of phenols is 1. The zero-order chi connectivity index (χ0) is 22.7. The molecule has 0 atom stereocenters. The molecule has 2 aromatic carbocycles. The lowest BCUT2D eigenvalue weighted by Crippen LogP contribution is -2.22. The number of furan rings is 1. The lowest BCUT2D eigenvalue weighted by molar-refractivity contribution is 0.0953. The molecule has 4 rings (SSSR count). The fraction of sp³-hybridized carbons (Fsp3) is 0.208. The molecule has 2 amide bonds. The maximum atomic E-state index is 12.8. The topological polar surface area (TPSA) is 113 Å². The number of nitrogens with zero attached hydrogens (tertiary/aromatic N) is 1. The van der Waals surface area contributed by atoms with Gasteiger partial charge in [-0.25, -0.2) is 5.43 Å². The molecule has 0 spiro atoms. The molecular formula is C24H23N3O5. The molecule has 0 aliphatic heterocycles. The maximum absolute atomic E-state index is 12.8. The Morgan fingerprint density at radius 1 is 1.03 bits per heavy atom. The fourth-order valence-electron chi connectivity index (χ4n) is 3.65. The van der Waals surface area contributed by atoms with Gasteiger partial charge in [-0.15, -0.1) is 0 Å². The molecule has 0 saturated carbocycles. The van der Waals surface area contributed by atoms with Crippen LogP contribution >= 0.6 is 0 Å². The second kappa shape index (κ2) is 8.97. The van der Waals surface area contributed by atoms with Crippen molar-refractivity contribution in [2.24, 2.45) is 5.10 Å². The Labute approximate surface area is 184 Å². The van der Waals surface area contributed by atoms with E-state index in [1.165, 1.54) is 24.3 Å². The molecule has 1 aliphatic carbocycles. The molecule has 0 bridgehead atoms. The fourth-order valence-corrected chi connectivity index (χ4v) is 3.65. The highest BCUT2D eigenvalue weighted by atomic mass is 16.5. The van der Waals surface area contributed by atoms with Crippen LogP contribution in [0.2, 0.25) is 0 Å². The third-order valence-electron chi connectivity index (χ3n) is 5.30. The van der Waals surface area contributed by atoms with E-state index in [0.717, 1.165) is 12.0 Å². The van der Waals surface area contributed by atoms with Gasteiger partial charge < -0.3 is 19.6 Å². The number of nitrogens with one attached hydrogen (secondary N) is 2. The maximum Gasteiger partial charge on any atom is 0.291 e. The van der Waals surface area contributed by atoms with Crippen LogP contribution in [0.1, 0.15) is 50.6 Å². The monoisotopic (exact) mass is 433 g/mol. The van der Waals surface area contributed by atoms with Crippen molar-refractivity contribution < 1.29 is 23.8 Å². The third kappa shape index (κ3) is 4.34. The number of aryl methyl sites for hydroxylation is 1. The van der Waals surface area contributed by atoms with Gasteiger partial charge in [0.25, 0.3) is 11.8 Å². The van der Waals surface area contributed by atoms with E-state index in [-0.39, 0.29) is 23.3 Å². The van der Waals surface area contributed by atoms with E-state index in [2.05, 4.69) is 15.8 Å². The van der Waals surface area contributed by atoms with Crippen LogP contribution in [-0.2, 0) is 6.42 Å². The van der Waals surface area contributed by atoms with Crippen LogP contribution in [-0.4, -0.2) is 29.7 Å². The average Bonchev–Trinajstić information content (AvgIpc) is 3.15. The van der Waals surface area contributed by atoms with Crippen molar-refractivity contribution in [1.82, 2.24) is 5.43 Å². The number of anilines is 1. The summed E-state index contributed by atoms with van der Waals surface area (Å²) < 4.78 is 11.0. The molecule has 0 unspecified atom stereocenters. The molecule has 0 fully saturated rings. The molecule has 0 radical (unpaired) electrons. The minimum Gasteiger partial charge on any atom is -0.508 e. The zero-order valence-corrected chi connectivity index (χ0v) is 17.8. The molecular weight excluding hydrogens is 410 g/mol. The Kier molecular flexibility index (Phi) is 5.93. The highest BCUT2D eigenvalue weighted by Gasteiger charge is 2.28. The first-order valence-corrected chi connectivity index (χ1v) is 10.2. The summed E-state index contributed by atoms with van der Waals surface area (Å²) >= 11 is 0. The van der Waals surface area contributed by atoms with Gasteiger partial charge >= 0.3 is 0 Å². The van der Waals surface area contributed by atoms with E-state index in [9.17, 15) is 14.7 Å². The lowest BCUT2D eigenvalue weighted by Gasteiger charge is -2.13. The Bertz CT molecular complexity index is 1180. The van der Waals surface area contributed by atoms with Crippen molar-refractivity contribution >= 4 is 23.2 Å². The van der Waals surface area contributed by atoms with E-state index in [1.54, 1.807) is 31.4 Å². The van der Waals surface area contributed by atoms with Gasteiger partial charge in [-0.1, -0.05) is 0 Å². The van der Waals surface area contributed by atoms with Crippen molar-refractivity contribution in [2.45, 2.75) is 26.2 Å². The number of carbonyl (C=O) groups excluding carboxylic acids is 2. The average molecular weight is 433 g/mol. The summed E-state index contributed by atoms with van der Waals surface area (Å²) in [5, 5.41) is 16.5. The normalized spacial score (nSPS) is 14.0. The Balaban J connectivity index is 1.54. The minimum absolute atomic E-state index is 0.0826. The number of methoxy groups -OCH3 is 1. The standard InChI is InChI=1S/C24H23N3O5/c1-14-21-19(26-27-23(29)15-6-10-17(28)11-7-15)4-3-5-20(21)32-22(14)24(30)25-16-8-12-18(31-2)13-9-16/h6-13,28H,3-5H2,1-2H3,(H,25,30)(H,27,29)/b26-19+. The number of hydrogen-bond donors (Lipinski definition) is 3. The Hall–Kier alpha value is -4.07. The zero-order valence-electron chi connectivity index (χ0n) is 17.8. The predicted octanol–water partition coefficient (Wildman–Crippen LogP) is 4.02. The molecule has 3 aromatic rings. The summed E-state index contributed by atoms with van der Waals surface area (Å²) in [6.45, 7) is 1.81. The van der Waals surface area contributed by atoms with E-state index in [0.29, 0.717) is 46.9 Å². The predicted molar refractivity (Wildman–Crippen MR) is 119 cm³/mol. The summed E-state index contributed by atoms with van der Waals surface area (Å²) in [5.41, 5.74) is 5.68. The van der Waals surface area contributed by atoms with E-state index in [4.69, 9.17) is 9.15 Å². The lowest BCUT2D eigenvalue weighted by atomic mass is 9.93. The smallest absolute Gasteiger partial charge is 0.291 e. The van der Waals surface area contributed by atoms with Crippen LogP contribution in [0, 0.1) is 6.92 Å². The molecule has 1 aliphatic rings. The summed E-state index contributed by atoms with van der Waals surface area (Å²) in [6, 6.07) is 12.9. The molecule has 8 heteroatoms. The number of amides is 2. The molecule has 3 N–H and O–H groups in total. The van der Waals surface area contributed by atoms with Crippen LogP contribution in [0.3, 0.4) is 0 Å². The SMILES string of the molecule is COc1ccc(NC(=O)c2oc3c(c2C)/C(=N/NC(=O)c2ccc(O)cc2)CCC3)cc1. The molecule has 1 aromatic heterocycles. The number of phenolic OH excluding ortho intramolecular Hbond substituents is 1. The van der Waals surface area contributed by atoms with Crippen molar-refractivity contribution in [2.75, 3.05) is 12.4 Å². The van der Waals surface area contributed by atoms with E-state index < -0.39 is 0 Å². The molecule has 32 heavy (non-hydrogen) atoms.